The van der Waals surface area contributed by atoms with Crippen LogP contribution >= 0.6 is 0 Å². The van der Waals surface area contributed by atoms with Gasteiger partial charge in [-0.15, -0.1) is 0 Å². The van der Waals surface area contributed by atoms with E-state index in [1.54, 1.807) is 12.1 Å². The molecule has 0 saturated carbocycles. The van der Waals surface area contributed by atoms with Crippen LogP contribution in [-0.2, 0) is 0 Å². The average Bonchev–Trinajstić information content (AvgIpc) is 3.22. The Hall–Kier alpha value is -1.41. The Balaban J connectivity index is 0.00000225. The van der Waals surface area contributed by atoms with E-state index in [-0.39, 0.29) is 64.7 Å². The number of aliphatic hydroxyl groups is 1. The summed E-state index contributed by atoms with van der Waals surface area (Å²) in [5.41, 5.74) is 1.50. The zero-order valence-corrected chi connectivity index (χ0v) is 19.4. The van der Waals surface area contributed by atoms with Gasteiger partial charge in [0.25, 0.3) is 0 Å². The summed E-state index contributed by atoms with van der Waals surface area (Å²) in [6.07, 6.45) is 0.496. The quantitative estimate of drug-likeness (QED) is 0.625. The van der Waals surface area contributed by atoms with Crippen molar-refractivity contribution in [2.75, 3.05) is 31.6 Å². The zero-order valence-electron chi connectivity index (χ0n) is 15.7. The monoisotopic (exact) mass is 506 g/mol. The number of imide groups is 1. The fraction of sp³-hybridized carbons (Fsp3) is 0.350. The molecule has 2 amide bonds. The van der Waals surface area contributed by atoms with Crippen molar-refractivity contribution >= 4 is 17.6 Å². The van der Waals surface area contributed by atoms with Crippen molar-refractivity contribution in [2.24, 2.45) is 0 Å². The molecular formula is C20H21N4O3Pr-. The molecule has 4 rings (SSSR count). The number of fused-ring (bicyclic) bond motifs is 1. The van der Waals surface area contributed by atoms with Gasteiger partial charge in [0.05, 0.1) is 23.7 Å². The van der Waals surface area contributed by atoms with Crippen LogP contribution in [0.15, 0.2) is 42.5 Å². The van der Waals surface area contributed by atoms with Gasteiger partial charge >= 0.3 is 0 Å². The maximum atomic E-state index is 11.9. The van der Waals surface area contributed by atoms with E-state index in [1.807, 2.05) is 30.1 Å². The van der Waals surface area contributed by atoms with E-state index < -0.39 is 11.8 Å². The molecule has 1 aromatic carbocycles. The smallest absolute Gasteiger partial charge is 0.129 e. The van der Waals surface area contributed by atoms with Gasteiger partial charge in [-0.2, -0.15) is 0 Å². The molecule has 7 nitrogen and oxygen atoms in total. The summed E-state index contributed by atoms with van der Waals surface area (Å²) in [5, 5.41) is 13.3. The molecule has 2 atom stereocenters. The van der Waals surface area contributed by atoms with E-state index in [1.165, 1.54) is 0 Å². The molecule has 1 radical (unpaired) electrons. The number of β-amino-alcohol motifs (C(OH)–C–C–N with tert-alkyl or cyclic N) is 1. The summed E-state index contributed by atoms with van der Waals surface area (Å²) < 4.78 is 0. The Morgan fingerprint density at radius 1 is 1.21 bits per heavy atom. The number of carbonyl (C=O) groups excluding carboxylic acids is 2. The second-order valence-corrected chi connectivity index (χ2v) is 7.03. The Morgan fingerprint density at radius 3 is 2.64 bits per heavy atom. The van der Waals surface area contributed by atoms with Crippen molar-refractivity contribution in [3.05, 3.63) is 64.6 Å². The number of pyridine rings is 1. The third kappa shape index (κ3) is 4.27. The second-order valence-electron chi connectivity index (χ2n) is 7.03. The number of carbonyl (C=O) groups is 2. The summed E-state index contributed by atoms with van der Waals surface area (Å²) in [5.74, 6) is -0.493. The number of anilines is 1. The molecule has 1 saturated heterocycles. The first-order valence-corrected chi connectivity index (χ1v) is 9.02. The number of nitrogens with zero attached hydrogens (tertiary/aromatic N) is 4. The molecule has 28 heavy (non-hydrogen) atoms. The summed E-state index contributed by atoms with van der Waals surface area (Å²) in [7, 11) is 1.93. The van der Waals surface area contributed by atoms with Crippen molar-refractivity contribution in [1.29, 1.82) is 0 Å². The molecule has 2 aromatic rings. The summed E-state index contributed by atoms with van der Waals surface area (Å²) >= 11 is 0. The fourth-order valence-corrected chi connectivity index (χ4v) is 3.70. The van der Waals surface area contributed by atoms with Gasteiger partial charge in [-0.3, -0.25) is 4.90 Å². The van der Waals surface area contributed by atoms with Crippen LogP contribution < -0.4 is 4.90 Å². The first-order chi connectivity index (χ1) is 13.0. The number of amides is 2. The maximum absolute atomic E-state index is 11.9. The van der Waals surface area contributed by atoms with Crippen molar-refractivity contribution in [2.45, 2.75) is 18.6 Å². The molecule has 8 heteroatoms. The van der Waals surface area contributed by atoms with Crippen molar-refractivity contribution in [3.8, 4) is 0 Å². The number of hydrogen-bond acceptors (Lipinski definition) is 6. The Kier molecular flexibility index (Phi) is 6.81. The molecule has 143 valence electrons. The molecule has 2 aliphatic heterocycles. The van der Waals surface area contributed by atoms with Crippen molar-refractivity contribution in [3.63, 3.8) is 0 Å². The Bertz CT molecular complexity index is 877. The van der Waals surface area contributed by atoms with E-state index in [9.17, 15) is 14.7 Å². The maximum Gasteiger partial charge on any atom is 0.129 e. The number of likely N-dealkylation sites (N-methyl/N-ethyl adjacent to an activating group) is 1. The number of likely N-dealkylation sites (tertiary alicyclic amines) is 1. The van der Waals surface area contributed by atoms with Gasteiger partial charge in [0, 0.05) is 73.5 Å². The zero-order chi connectivity index (χ0) is 19.0. The summed E-state index contributed by atoms with van der Waals surface area (Å²) in [4.78, 5) is 32.3. The van der Waals surface area contributed by atoms with Gasteiger partial charge in [0.2, 0.25) is 0 Å². The number of hydrogen-bond donors (Lipinski definition) is 1. The predicted octanol–water partition coefficient (Wildman–Crippen LogP) is 1.99. The minimum atomic E-state index is -0.579. The number of aromatic nitrogens is 1. The van der Waals surface area contributed by atoms with E-state index in [0.29, 0.717) is 12.4 Å². The normalized spacial score (nSPS) is 19.7. The van der Waals surface area contributed by atoms with Crippen LogP contribution in [0.2, 0.25) is 0 Å². The largest absolute Gasteiger partial charge is 0.586 e. The van der Waals surface area contributed by atoms with Gasteiger partial charge in [-0.05, 0) is 24.1 Å². The van der Waals surface area contributed by atoms with Gasteiger partial charge in [0.1, 0.15) is 11.7 Å². The van der Waals surface area contributed by atoms with Gasteiger partial charge in [0.15, 0.2) is 0 Å². The minimum Gasteiger partial charge on any atom is -0.586 e. The molecular weight excluding hydrogens is 485 g/mol. The third-order valence-corrected chi connectivity index (χ3v) is 5.21. The topological polar surface area (TPSA) is 87.8 Å². The third-order valence-electron chi connectivity index (χ3n) is 5.21. The molecule has 0 unspecified atom stereocenters. The van der Waals surface area contributed by atoms with E-state index >= 15 is 0 Å². The van der Waals surface area contributed by atoms with Gasteiger partial charge in [-0.1, -0.05) is 30.3 Å². The van der Waals surface area contributed by atoms with Crippen LogP contribution in [0.5, 0.6) is 0 Å². The SMILES string of the molecule is CN(c1ccc2c(n1)C(=O)[N-]C2=O)[C@H](CN1CC[C@H](O)C1)c1ccccc1.[Pr]. The molecule has 1 aromatic heterocycles. The Labute approximate surface area is 197 Å². The summed E-state index contributed by atoms with van der Waals surface area (Å²) in [6, 6.07) is 13.4. The van der Waals surface area contributed by atoms with Gasteiger partial charge < -0.3 is 24.9 Å². The molecule has 0 bridgehead atoms. The molecule has 2 aliphatic rings. The van der Waals surface area contributed by atoms with Crippen LogP contribution in [-0.4, -0.2) is 59.6 Å². The van der Waals surface area contributed by atoms with Crippen molar-refractivity contribution in [1.82, 2.24) is 9.88 Å². The van der Waals surface area contributed by atoms with Crippen molar-refractivity contribution < 1.29 is 56.0 Å². The number of rotatable bonds is 5. The van der Waals surface area contributed by atoms with E-state index in [0.717, 1.165) is 25.1 Å². The first kappa shape index (κ1) is 21.3. The minimum absolute atomic E-state index is 0. The van der Waals surface area contributed by atoms with Crippen LogP contribution in [0.3, 0.4) is 0 Å². The van der Waals surface area contributed by atoms with E-state index in [4.69, 9.17) is 0 Å². The Morgan fingerprint density at radius 2 is 1.96 bits per heavy atom. The molecule has 0 spiro atoms. The number of aliphatic hydroxyl groups excluding tert-OH is 1. The summed E-state index contributed by atoms with van der Waals surface area (Å²) in [6.45, 7) is 2.23. The fourth-order valence-electron chi connectivity index (χ4n) is 3.70. The van der Waals surface area contributed by atoms with E-state index in [2.05, 4.69) is 27.3 Å². The second kappa shape index (κ2) is 8.95. The first-order valence-electron chi connectivity index (χ1n) is 9.02. The van der Waals surface area contributed by atoms with Gasteiger partial charge in [-0.25, -0.2) is 4.98 Å². The standard InChI is InChI=1S/C20H22N4O3.Pr/c1-23(17-8-7-15-18(21-17)20(27)22-19(15)26)16(13-5-3-2-4-6-13)12-24-10-9-14(25)11-24;/h2-8,14,16,25H,9-12H2,1H3,(H,22,26,27);/p-1/t14-,16+;/m0./s1. The molecule has 0 aliphatic carbocycles. The van der Waals surface area contributed by atoms with Crippen LogP contribution in [0.1, 0.15) is 38.9 Å². The van der Waals surface area contributed by atoms with Crippen LogP contribution in [0.25, 0.3) is 5.32 Å². The predicted molar refractivity (Wildman–Crippen MR) is 101 cm³/mol. The average molecular weight is 506 g/mol. The number of benzene rings is 1. The molecule has 3 heterocycles. The molecule has 1 N–H and O–H groups in total. The van der Waals surface area contributed by atoms with Crippen LogP contribution in [0, 0.1) is 41.3 Å². The molecule has 1 fully saturated rings. The van der Waals surface area contributed by atoms with Crippen LogP contribution in [0.4, 0.5) is 5.82 Å².